The van der Waals surface area contributed by atoms with Crippen LogP contribution in [0.5, 0.6) is 11.5 Å². The summed E-state index contributed by atoms with van der Waals surface area (Å²) in [5.41, 5.74) is 0.838. The summed E-state index contributed by atoms with van der Waals surface area (Å²) < 4.78 is 49.8. The van der Waals surface area contributed by atoms with Gasteiger partial charge in [-0.1, -0.05) is 35.9 Å². The lowest BCUT2D eigenvalue weighted by atomic mass is 10.1. The molecule has 200 valence electrons. The molecular formula is C27H24ClF3N2O5. The van der Waals surface area contributed by atoms with Crippen LogP contribution in [0.25, 0.3) is 0 Å². The lowest BCUT2D eigenvalue weighted by molar-refractivity contribution is -0.138. The Bertz CT molecular complexity index is 1280. The molecule has 1 aromatic heterocycles. The van der Waals surface area contributed by atoms with Crippen LogP contribution in [0.4, 0.5) is 18.0 Å². The third-order valence-electron chi connectivity index (χ3n) is 6.03. The molecule has 11 heteroatoms. The number of pyridine rings is 1. The number of hydrogen-bond acceptors (Lipinski definition) is 5. The summed E-state index contributed by atoms with van der Waals surface area (Å²) in [6.45, 7) is 0.910. The number of nitrogens with zero attached hydrogens (tertiary/aromatic N) is 2. The van der Waals surface area contributed by atoms with E-state index in [4.69, 9.17) is 26.2 Å². The molecule has 1 N–H and O–H groups in total. The van der Waals surface area contributed by atoms with Crippen molar-refractivity contribution >= 4 is 23.7 Å². The summed E-state index contributed by atoms with van der Waals surface area (Å²) in [5, 5.41) is 8.78. The van der Waals surface area contributed by atoms with E-state index in [0.717, 1.165) is 17.8 Å². The number of carboxylic acids is 1. The number of alkyl halides is 3. The van der Waals surface area contributed by atoms with Crippen molar-refractivity contribution in [1.82, 2.24) is 9.88 Å². The van der Waals surface area contributed by atoms with Gasteiger partial charge in [-0.2, -0.15) is 13.2 Å². The molecule has 1 aliphatic rings. The van der Waals surface area contributed by atoms with E-state index in [1.807, 2.05) is 0 Å². The molecule has 3 aromatic rings. The molecule has 1 amide bonds. The second-order valence-electron chi connectivity index (χ2n) is 8.86. The average Bonchev–Trinajstić information content (AvgIpc) is 2.87. The summed E-state index contributed by atoms with van der Waals surface area (Å²) in [6.07, 6.45) is -2.91. The quantitative estimate of drug-likeness (QED) is 0.389. The van der Waals surface area contributed by atoms with E-state index in [1.54, 1.807) is 53.4 Å². The highest BCUT2D eigenvalue weighted by Crippen LogP contribution is 2.31. The molecule has 0 spiro atoms. The number of likely N-dealkylation sites (tertiary alicyclic amines) is 1. The Morgan fingerprint density at radius 2 is 1.61 bits per heavy atom. The predicted octanol–water partition coefficient (Wildman–Crippen LogP) is 6.01. The number of aliphatic carboxylic acids is 1. The van der Waals surface area contributed by atoms with Crippen molar-refractivity contribution in [3.63, 3.8) is 0 Å². The van der Waals surface area contributed by atoms with Crippen molar-refractivity contribution in [3.8, 4) is 11.5 Å². The Labute approximate surface area is 221 Å². The second kappa shape index (κ2) is 11.7. The van der Waals surface area contributed by atoms with Crippen molar-refractivity contribution in [2.75, 3.05) is 13.1 Å². The number of aromatic nitrogens is 1. The molecule has 4 rings (SSSR count). The van der Waals surface area contributed by atoms with Crippen molar-refractivity contribution < 1.29 is 37.3 Å². The van der Waals surface area contributed by atoms with Crippen LogP contribution >= 0.6 is 11.6 Å². The fourth-order valence-electron chi connectivity index (χ4n) is 3.99. The highest BCUT2D eigenvalue weighted by molar-refractivity contribution is 6.31. The number of piperidine rings is 1. The van der Waals surface area contributed by atoms with Gasteiger partial charge >= 0.3 is 18.2 Å². The Kier molecular flexibility index (Phi) is 8.41. The number of carbonyl (C=O) groups excluding carboxylic acids is 1. The predicted molar refractivity (Wildman–Crippen MR) is 133 cm³/mol. The first-order valence-electron chi connectivity index (χ1n) is 11.8. The highest BCUT2D eigenvalue weighted by Gasteiger charge is 2.31. The molecule has 0 radical (unpaired) electrons. The Morgan fingerprint density at radius 1 is 1.00 bits per heavy atom. The van der Waals surface area contributed by atoms with Gasteiger partial charge in [0, 0.05) is 38.5 Å². The molecular weight excluding hydrogens is 525 g/mol. The van der Waals surface area contributed by atoms with E-state index in [-0.39, 0.29) is 24.0 Å². The topological polar surface area (TPSA) is 89.0 Å². The van der Waals surface area contributed by atoms with Crippen LogP contribution in [-0.4, -0.2) is 46.2 Å². The van der Waals surface area contributed by atoms with Crippen molar-refractivity contribution in [2.45, 2.75) is 38.0 Å². The molecule has 1 fully saturated rings. The molecule has 0 atom stereocenters. The normalized spacial score (nSPS) is 14.3. The molecule has 1 aliphatic heterocycles. The molecule has 0 unspecified atom stereocenters. The first-order valence-corrected chi connectivity index (χ1v) is 12.2. The van der Waals surface area contributed by atoms with Gasteiger partial charge in [0.2, 0.25) is 0 Å². The first kappa shape index (κ1) is 27.3. The highest BCUT2D eigenvalue weighted by atomic mass is 35.5. The van der Waals surface area contributed by atoms with Crippen molar-refractivity contribution in [2.24, 2.45) is 0 Å². The van der Waals surface area contributed by atoms with Gasteiger partial charge in [-0.05, 0) is 41.5 Å². The summed E-state index contributed by atoms with van der Waals surface area (Å²) in [4.78, 5) is 28.8. The van der Waals surface area contributed by atoms with Gasteiger partial charge in [0.05, 0.1) is 22.7 Å². The van der Waals surface area contributed by atoms with Crippen LogP contribution in [0, 0.1) is 0 Å². The molecule has 0 bridgehead atoms. The van der Waals surface area contributed by atoms with Gasteiger partial charge in [-0.15, -0.1) is 0 Å². The van der Waals surface area contributed by atoms with Crippen LogP contribution in [-0.2, 0) is 23.8 Å². The van der Waals surface area contributed by atoms with E-state index in [1.165, 1.54) is 0 Å². The van der Waals surface area contributed by atoms with Crippen molar-refractivity contribution in [1.29, 1.82) is 0 Å². The third kappa shape index (κ3) is 7.38. The molecule has 2 aromatic carbocycles. The maximum Gasteiger partial charge on any atom is 0.417 e. The maximum atomic E-state index is 12.8. The standard InChI is InChI=1S/C27H24ClF3N2O5/c28-23-15-19(27(29,30)31)16-32-24(23)13-17-1-7-21(8-2-17)38-26(36)33-11-9-22(10-12-33)37-20-5-3-18(4-6-20)14-25(34)35/h1-8,15-16,22H,9-14H2,(H,34,35). The van der Waals surface area contributed by atoms with E-state index >= 15 is 0 Å². The number of ether oxygens (including phenoxy) is 2. The Balaban J connectivity index is 1.25. The lowest BCUT2D eigenvalue weighted by Gasteiger charge is -2.31. The van der Waals surface area contributed by atoms with Crippen LogP contribution in [0.15, 0.2) is 60.8 Å². The van der Waals surface area contributed by atoms with Crippen LogP contribution in [0.1, 0.15) is 35.2 Å². The number of carboxylic acid groups (broad SMARTS) is 1. The van der Waals surface area contributed by atoms with Gasteiger partial charge in [-0.25, -0.2) is 4.79 Å². The van der Waals surface area contributed by atoms with Gasteiger partial charge in [0.1, 0.15) is 17.6 Å². The van der Waals surface area contributed by atoms with Gasteiger partial charge in [0.15, 0.2) is 0 Å². The molecule has 38 heavy (non-hydrogen) atoms. The van der Waals surface area contributed by atoms with E-state index in [0.29, 0.717) is 48.7 Å². The SMILES string of the molecule is O=C(O)Cc1ccc(OC2CCN(C(=O)Oc3ccc(Cc4ncc(C(F)(F)F)cc4Cl)cc3)CC2)cc1. The Morgan fingerprint density at radius 3 is 2.18 bits per heavy atom. The van der Waals surface area contributed by atoms with Crippen LogP contribution < -0.4 is 9.47 Å². The molecule has 2 heterocycles. The molecule has 1 saturated heterocycles. The number of halogens is 4. The molecule has 0 saturated carbocycles. The maximum absolute atomic E-state index is 12.8. The fourth-order valence-corrected chi connectivity index (χ4v) is 4.23. The monoisotopic (exact) mass is 548 g/mol. The summed E-state index contributed by atoms with van der Waals surface area (Å²) in [6, 6.07) is 14.4. The number of amides is 1. The smallest absolute Gasteiger partial charge is 0.417 e. The number of benzene rings is 2. The minimum Gasteiger partial charge on any atom is -0.490 e. The van der Waals surface area contributed by atoms with E-state index in [9.17, 15) is 22.8 Å². The number of carbonyl (C=O) groups is 2. The van der Waals surface area contributed by atoms with Crippen LogP contribution in [0.2, 0.25) is 5.02 Å². The van der Waals surface area contributed by atoms with E-state index in [2.05, 4.69) is 4.98 Å². The van der Waals surface area contributed by atoms with Crippen molar-refractivity contribution in [3.05, 3.63) is 88.2 Å². The zero-order valence-electron chi connectivity index (χ0n) is 20.1. The van der Waals surface area contributed by atoms with Gasteiger partial charge in [0.25, 0.3) is 0 Å². The largest absolute Gasteiger partial charge is 0.490 e. The zero-order chi connectivity index (χ0) is 27.3. The van der Waals surface area contributed by atoms with Gasteiger partial charge < -0.3 is 19.5 Å². The Hall–Kier alpha value is -3.79. The lowest BCUT2D eigenvalue weighted by Crippen LogP contribution is -2.43. The number of rotatable bonds is 7. The summed E-state index contributed by atoms with van der Waals surface area (Å²) in [5.74, 6) is 0.0901. The fraction of sp³-hybridized carbons (Fsp3) is 0.296. The average molecular weight is 549 g/mol. The minimum atomic E-state index is -4.51. The second-order valence-corrected chi connectivity index (χ2v) is 9.26. The molecule has 0 aliphatic carbocycles. The van der Waals surface area contributed by atoms with Gasteiger partial charge in [-0.3, -0.25) is 9.78 Å². The minimum absolute atomic E-state index is 0.0474. The summed E-state index contributed by atoms with van der Waals surface area (Å²) in [7, 11) is 0. The van der Waals surface area contributed by atoms with E-state index < -0.39 is 23.8 Å². The number of hydrogen-bond donors (Lipinski definition) is 1. The first-order chi connectivity index (χ1) is 18.1. The zero-order valence-corrected chi connectivity index (χ0v) is 20.8. The van der Waals surface area contributed by atoms with Crippen LogP contribution in [0.3, 0.4) is 0 Å². The molecule has 7 nitrogen and oxygen atoms in total. The third-order valence-corrected chi connectivity index (χ3v) is 6.35. The summed E-state index contributed by atoms with van der Waals surface area (Å²) >= 11 is 5.98.